The fourth-order valence-electron chi connectivity index (χ4n) is 3.64. The third-order valence-corrected chi connectivity index (χ3v) is 5.40. The Kier molecular flexibility index (Phi) is 7.19. The molecule has 4 rings (SSSR count). The topological polar surface area (TPSA) is 133 Å². The first-order chi connectivity index (χ1) is 17.7. The van der Waals surface area contributed by atoms with Gasteiger partial charge in [-0.15, -0.1) is 0 Å². The average molecular weight is 498 g/mol. The van der Waals surface area contributed by atoms with Gasteiger partial charge in [-0.05, 0) is 61.9 Å². The van der Waals surface area contributed by atoms with Crippen LogP contribution in [0.2, 0.25) is 0 Å². The number of pyridine rings is 1. The van der Waals surface area contributed by atoms with Crippen molar-refractivity contribution in [2.24, 2.45) is 5.10 Å². The van der Waals surface area contributed by atoms with E-state index in [9.17, 15) is 19.7 Å². The first-order valence-electron chi connectivity index (χ1n) is 11.1. The number of nitro benzene ring substituents is 1. The van der Waals surface area contributed by atoms with Crippen molar-refractivity contribution in [2.45, 2.75) is 13.8 Å². The average Bonchev–Trinajstić information content (AvgIpc) is 2.89. The van der Waals surface area contributed by atoms with Crippen LogP contribution in [0, 0.1) is 24.0 Å². The van der Waals surface area contributed by atoms with Crippen molar-refractivity contribution in [3.8, 4) is 11.5 Å². The summed E-state index contributed by atoms with van der Waals surface area (Å²) in [6.07, 6.45) is 1.42. The molecule has 1 aromatic heterocycles. The molecule has 0 spiro atoms. The molecular weight excluding hydrogens is 476 g/mol. The maximum atomic E-state index is 12.8. The lowest BCUT2D eigenvalue weighted by Crippen LogP contribution is -2.18. The number of nitrogens with zero attached hydrogens (tertiary/aromatic N) is 3. The number of ether oxygens (including phenoxy) is 2. The Hall–Kier alpha value is -5.12. The molecule has 186 valence electrons. The maximum absolute atomic E-state index is 12.8. The van der Waals surface area contributed by atoms with Crippen LogP contribution in [0.25, 0.3) is 10.9 Å². The smallest absolute Gasteiger partial charge is 0.343 e. The lowest BCUT2D eigenvalue weighted by Gasteiger charge is -2.10. The minimum Gasteiger partial charge on any atom is -0.493 e. The van der Waals surface area contributed by atoms with Crippen molar-refractivity contribution in [3.63, 3.8) is 0 Å². The number of fused-ring (bicyclic) bond motifs is 1. The van der Waals surface area contributed by atoms with Crippen molar-refractivity contribution in [1.29, 1.82) is 0 Å². The van der Waals surface area contributed by atoms with Crippen LogP contribution in [0.15, 0.2) is 71.8 Å². The number of amides is 1. The molecule has 10 heteroatoms. The van der Waals surface area contributed by atoms with Crippen molar-refractivity contribution in [1.82, 2.24) is 10.4 Å². The van der Waals surface area contributed by atoms with Gasteiger partial charge < -0.3 is 9.47 Å². The molecule has 1 N–H and O–H groups in total. The Morgan fingerprint density at radius 3 is 2.59 bits per heavy atom. The highest BCUT2D eigenvalue weighted by Crippen LogP contribution is 2.29. The Morgan fingerprint density at radius 2 is 1.84 bits per heavy atom. The number of hydrogen-bond donors (Lipinski definition) is 1. The fraction of sp³-hybridized carbons (Fsp3) is 0.111. The van der Waals surface area contributed by atoms with E-state index >= 15 is 0 Å². The summed E-state index contributed by atoms with van der Waals surface area (Å²) in [5.74, 6) is -0.799. The number of methoxy groups -OCH3 is 1. The molecule has 0 aliphatic carbocycles. The van der Waals surface area contributed by atoms with Gasteiger partial charge in [-0.25, -0.2) is 10.2 Å². The van der Waals surface area contributed by atoms with Crippen LogP contribution in [-0.2, 0) is 0 Å². The fourth-order valence-corrected chi connectivity index (χ4v) is 3.64. The van der Waals surface area contributed by atoms with Crippen LogP contribution in [-0.4, -0.2) is 35.1 Å². The molecular formula is C27H22N4O6. The summed E-state index contributed by atoms with van der Waals surface area (Å²) in [6, 6.07) is 17.3. The van der Waals surface area contributed by atoms with E-state index in [1.807, 2.05) is 32.0 Å². The molecule has 0 aliphatic rings. The lowest BCUT2D eigenvalue weighted by atomic mass is 10.1. The van der Waals surface area contributed by atoms with E-state index in [1.54, 1.807) is 18.2 Å². The van der Waals surface area contributed by atoms with Gasteiger partial charge in [0, 0.05) is 23.2 Å². The number of carbonyl (C=O) groups is 2. The van der Waals surface area contributed by atoms with Crippen LogP contribution in [0.4, 0.5) is 5.69 Å². The monoisotopic (exact) mass is 498 g/mol. The molecule has 37 heavy (non-hydrogen) atoms. The molecule has 0 fully saturated rings. The highest BCUT2D eigenvalue weighted by atomic mass is 16.6. The van der Waals surface area contributed by atoms with Crippen molar-refractivity contribution >= 4 is 34.7 Å². The summed E-state index contributed by atoms with van der Waals surface area (Å²) >= 11 is 0. The molecule has 1 amide bonds. The van der Waals surface area contributed by atoms with Crippen LogP contribution in [0.1, 0.15) is 37.5 Å². The summed E-state index contributed by atoms with van der Waals surface area (Å²) in [5, 5.41) is 15.7. The van der Waals surface area contributed by atoms with Gasteiger partial charge >= 0.3 is 5.97 Å². The third kappa shape index (κ3) is 5.76. The summed E-state index contributed by atoms with van der Waals surface area (Å²) in [4.78, 5) is 40.2. The molecule has 0 bridgehead atoms. The molecule has 10 nitrogen and oxygen atoms in total. The standard InChI is InChI=1S/C27H22N4O6/c1-16-7-9-23-21(11-16)22(12-17(2)29-23)26(32)30-28-15-18-8-10-24(25(13-18)36-3)37-27(33)19-5-4-6-20(14-19)31(34)35/h4-15H,1-3H3,(H,30,32). The normalized spacial score (nSPS) is 10.9. The highest BCUT2D eigenvalue weighted by Gasteiger charge is 2.16. The SMILES string of the molecule is COc1cc(C=NNC(=O)c2cc(C)nc3ccc(C)cc23)ccc1OC(=O)c1cccc([N+](=O)[O-])c1. The molecule has 0 aliphatic heterocycles. The maximum Gasteiger partial charge on any atom is 0.343 e. The second-order valence-electron chi connectivity index (χ2n) is 8.14. The number of esters is 1. The zero-order valence-electron chi connectivity index (χ0n) is 20.2. The zero-order valence-corrected chi connectivity index (χ0v) is 20.2. The molecule has 0 unspecified atom stereocenters. The quantitative estimate of drug-likeness (QED) is 0.128. The van der Waals surface area contributed by atoms with E-state index < -0.39 is 10.9 Å². The number of benzene rings is 3. The van der Waals surface area contributed by atoms with Gasteiger partial charge in [0.2, 0.25) is 0 Å². The summed E-state index contributed by atoms with van der Waals surface area (Å²) in [5.41, 5.74) is 5.81. The van der Waals surface area contributed by atoms with Crippen LogP contribution >= 0.6 is 0 Å². The van der Waals surface area contributed by atoms with E-state index in [1.165, 1.54) is 37.6 Å². The number of hydrogen-bond acceptors (Lipinski definition) is 8. The van der Waals surface area contributed by atoms with Gasteiger partial charge in [0.25, 0.3) is 11.6 Å². The summed E-state index contributed by atoms with van der Waals surface area (Å²) in [7, 11) is 1.40. The van der Waals surface area contributed by atoms with Crippen molar-refractivity contribution in [3.05, 3.63) is 105 Å². The van der Waals surface area contributed by atoms with E-state index in [0.29, 0.717) is 16.8 Å². The number of rotatable bonds is 7. The molecule has 4 aromatic rings. The van der Waals surface area contributed by atoms with E-state index in [2.05, 4.69) is 15.5 Å². The second kappa shape index (κ2) is 10.6. The number of nitrogens with one attached hydrogen (secondary N) is 1. The van der Waals surface area contributed by atoms with Gasteiger partial charge in [-0.1, -0.05) is 17.7 Å². The van der Waals surface area contributed by atoms with E-state index in [4.69, 9.17) is 9.47 Å². The van der Waals surface area contributed by atoms with Gasteiger partial charge in [0.1, 0.15) is 0 Å². The highest BCUT2D eigenvalue weighted by molar-refractivity contribution is 6.06. The Bertz CT molecular complexity index is 1560. The Balaban J connectivity index is 1.49. The predicted molar refractivity (Wildman–Crippen MR) is 137 cm³/mol. The van der Waals surface area contributed by atoms with E-state index in [-0.39, 0.29) is 28.7 Å². The molecule has 0 saturated heterocycles. The number of hydrazone groups is 1. The van der Waals surface area contributed by atoms with Crippen LogP contribution in [0.3, 0.4) is 0 Å². The second-order valence-corrected chi connectivity index (χ2v) is 8.14. The number of aromatic nitrogens is 1. The number of nitro groups is 1. The molecule has 0 saturated carbocycles. The van der Waals surface area contributed by atoms with Gasteiger partial charge in [-0.3, -0.25) is 19.9 Å². The van der Waals surface area contributed by atoms with Crippen molar-refractivity contribution < 1.29 is 24.0 Å². The Morgan fingerprint density at radius 1 is 1.03 bits per heavy atom. The van der Waals surface area contributed by atoms with Gasteiger partial charge in [0.05, 0.1) is 34.9 Å². The van der Waals surface area contributed by atoms with Crippen LogP contribution < -0.4 is 14.9 Å². The molecule has 3 aromatic carbocycles. The number of aryl methyl sites for hydroxylation is 2. The van der Waals surface area contributed by atoms with E-state index in [0.717, 1.165) is 22.5 Å². The van der Waals surface area contributed by atoms with Crippen LogP contribution in [0.5, 0.6) is 11.5 Å². The first kappa shape index (κ1) is 25.0. The third-order valence-electron chi connectivity index (χ3n) is 5.40. The minimum absolute atomic E-state index is 0.0265. The molecule has 0 radical (unpaired) electrons. The summed E-state index contributed by atoms with van der Waals surface area (Å²) in [6.45, 7) is 3.76. The van der Waals surface area contributed by atoms with Gasteiger partial charge in [0.15, 0.2) is 11.5 Å². The molecule has 1 heterocycles. The zero-order chi connectivity index (χ0) is 26.5. The predicted octanol–water partition coefficient (Wildman–Crippen LogP) is 4.75. The minimum atomic E-state index is -0.772. The van der Waals surface area contributed by atoms with Crippen molar-refractivity contribution in [2.75, 3.05) is 7.11 Å². The lowest BCUT2D eigenvalue weighted by molar-refractivity contribution is -0.384. The molecule has 0 atom stereocenters. The largest absolute Gasteiger partial charge is 0.493 e. The summed E-state index contributed by atoms with van der Waals surface area (Å²) < 4.78 is 10.7. The number of non-ortho nitro benzene ring substituents is 1. The first-order valence-corrected chi connectivity index (χ1v) is 11.1. The Labute approximate surface area is 211 Å². The van der Waals surface area contributed by atoms with Gasteiger partial charge in [-0.2, -0.15) is 5.10 Å². The number of carbonyl (C=O) groups excluding carboxylic acids is 2.